The fourth-order valence-electron chi connectivity index (χ4n) is 1.33. The molecule has 14 heavy (non-hydrogen) atoms. The molecule has 0 aromatic rings. The topological polar surface area (TPSA) is 70.0 Å². The van der Waals surface area contributed by atoms with Crippen LogP contribution in [0.1, 0.15) is 13.8 Å². The van der Waals surface area contributed by atoms with Crippen molar-refractivity contribution in [3.05, 3.63) is 0 Å². The molecule has 0 spiro atoms. The van der Waals surface area contributed by atoms with E-state index >= 15 is 0 Å². The summed E-state index contributed by atoms with van der Waals surface area (Å²) in [6, 6.07) is 0. The van der Waals surface area contributed by atoms with Crippen LogP contribution in [0.15, 0.2) is 0 Å². The smallest absolute Gasteiger partial charge is 0.338 e. The molecule has 0 aliphatic rings. The zero-order valence-corrected chi connectivity index (χ0v) is 9.15. The average molecular weight is 205 g/mol. The van der Waals surface area contributed by atoms with Gasteiger partial charge in [-0.2, -0.15) is 0 Å². The Balaban J connectivity index is 4.14. The summed E-state index contributed by atoms with van der Waals surface area (Å²) in [6.45, 7) is 3.55. The molecule has 0 fully saturated rings. The number of methoxy groups -OCH3 is 1. The van der Waals surface area contributed by atoms with Crippen molar-refractivity contribution >= 4 is 5.97 Å². The fraction of sp³-hybridized carbons (Fsp3) is 0.889. The molecule has 0 aromatic heterocycles. The first kappa shape index (κ1) is 13.4. The molecule has 0 aromatic carbocycles. The molecule has 84 valence electrons. The molecule has 0 saturated carbocycles. The van der Waals surface area contributed by atoms with E-state index in [9.17, 15) is 9.90 Å². The third-order valence-electron chi connectivity index (χ3n) is 1.78. The second-order valence-corrected chi connectivity index (χ2v) is 3.81. The first-order valence-electron chi connectivity index (χ1n) is 4.47. The number of rotatable bonds is 5. The summed E-state index contributed by atoms with van der Waals surface area (Å²) < 4.78 is 4.44. The summed E-state index contributed by atoms with van der Waals surface area (Å²) in [7, 11) is 2.94. The van der Waals surface area contributed by atoms with Crippen molar-refractivity contribution < 1.29 is 19.7 Å². The lowest BCUT2D eigenvalue weighted by atomic mass is 10.1. The molecule has 2 atom stereocenters. The predicted molar refractivity (Wildman–Crippen MR) is 51.8 cm³/mol. The Morgan fingerprint density at radius 3 is 2.50 bits per heavy atom. The van der Waals surface area contributed by atoms with Gasteiger partial charge in [-0.1, -0.05) is 0 Å². The molecule has 0 aliphatic carbocycles. The van der Waals surface area contributed by atoms with E-state index in [1.165, 1.54) is 14.0 Å². The van der Waals surface area contributed by atoms with Crippen molar-refractivity contribution in [3.8, 4) is 0 Å². The van der Waals surface area contributed by atoms with Crippen LogP contribution >= 0.6 is 0 Å². The molecular weight excluding hydrogens is 186 g/mol. The monoisotopic (exact) mass is 205 g/mol. The minimum Gasteiger partial charge on any atom is -0.467 e. The second kappa shape index (κ2) is 5.29. The lowest BCUT2D eigenvalue weighted by Gasteiger charge is -2.27. The first-order chi connectivity index (χ1) is 6.29. The maximum atomic E-state index is 11.1. The number of carbonyl (C=O) groups is 1. The van der Waals surface area contributed by atoms with Crippen molar-refractivity contribution in [1.29, 1.82) is 0 Å². The molecule has 5 heteroatoms. The lowest BCUT2D eigenvalue weighted by Crippen LogP contribution is -2.47. The van der Waals surface area contributed by atoms with Gasteiger partial charge in [-0.05, 0) is 20.9 Å². The van der Waals surface area contributed by atoms with Gasteiger partial charge < -0.3 is 19.8 Å². The van der Waals surface area contributed by atoms with E-state index in [0.717, 1.165) is 0 Å². The fourth-order valence-corrected chi connectivity index (χ4v) is 1.33. The summed E-state index contributed by atoms with van der Waals surface area (Å²) in [4.78, 5) is 12.8. The highest BCUT2D eigenvalue weighted by atomic mass is 16.5. The van der Waals surface area contributed by atoms with Gasteiger partial charge in [0.25, 0.3) is 0 Å². The summed E-state index contributed by atoms with van der Waals surface area (Å²) in [6.07, 6.45) is -0.492. The third-order valence-corrected chi connectivity index (χ3v) is 1.78. The molecule has 2 N–H and O–H groups in total. The molecule has 0 radical (unpaired) electrons. The summed E-state index contributed by atoms with van der Waals surface area (Å²) >= 11 is 0. The maximum absolute atomic E-state index is 11.1. The van der Waals surface area contributed by atoms with Crippen LogP contribution in [0.2, 0.25) is 0 Å². The number of aliphatic hydroxyl groups is 2. The highest BCUT2D eigenvalue weighted by molar-refractivity contribution is 5.78. The summed E-state index contributed by atoms with van der Waals surface area (Å²) in [5.74, 6) is -0.671. The van der Waals surface area contributed by atoms with Gasteiger partial charge in [0.15, 0.2) is 5.60 Å². The van der Waals surface area contributed by atoms with Crippen LogP contribution in [0, 0.1) is 0 Å². The van der Waals surface area contributed by atoms with Crippen molar-refractivity contribution in [1.82, 2.24) is 4.90 Å². The molecule has 0 rings (SSSR count). The molecular formula is C9H19NO4. The molecule has 0 saturated heterocycles. The molecule has 2 unspecified atom stereocenters. The van der Waals surface area contributed by atoms with Gasteiger partial charge in [0, 0.05) is 13.1 Å². The Bertz CT molecular complexity index is 191. The molecule has 0 amide bonds. The van der Waals surface area contributed by atoms with Crippen LogP contribution in [0.25, 0.3) is 0 Å². The Hall–Kier alpha value is -0.650. The first-order valence-corrected chi connectivity index (χ1v) is 4.47. The standard InChI is InChI=1S/C9H19NO4/c1-7(11)5-10(3)6-9(2,13)8(12)14-4/h7,11,13H,5-6H2,1-4H3. The quantitative estimate of drug-likeness (QED) is 0.576. The minimum atomic E-state index is -1.53. The van der Waals surface area contributed by atoms with E-state index in [1.807, 2.05) is 0 Å². The number of carbonyl (C=O) groups excluding carboxylic acids is 1. The highest BCUT2D eigenvalue weighted by Crippen LogP contribution is 2.07. The van der Waals surface area contributed by atoms with E-state index in [1.54, 1.807) is 18.9 Å². The normalized spacial score (nSPS) is 17.6. The van der Waals surface area contributed by atoms with Crippen molar-refractivity contribution in [2.45, 2.75) is 25.6 Å². The van der Waals surface area contributed by atoms with Gasteiger partial charge in [-0.25, -0.2) is 4.79 Å². The number of nitrogens with zero attached hydrogens (tertiary/aromatic N) is 1. The van der Waals surface area contributed by atoms with Crippen LogP contribution in [0.5, 0.6) is 0 Å². The SMILES string of the molecule is COC(=O)C(C)(O)CN(C)CC(C)O. The number of esters is 1. The largest absolute Gasteiger partial charge is 0.467 e. The van der Waals surface area contributed by atoms with Crippen LogP contribution in [0.4, 0.5) is 0 Å². The average Bonchev–Trinajstić information content (AvgIpc) is 1.99. The molecule has 0 heterocycles. The van der Waals surface area contributed by atoms with Crippen LogP contribution in [0.3, 0.4) is 0 Å². The van der Waals surface area contributed by atoms with Crippen LogP contribution < -0.4 is 0 Å². The lowest BCUT2D eigenvalue weighted by molar-refractivity contribution is -0.162. The summed E-state index contributed by atoms with van der Waals surface area (Å²) in [5.41, 5.74) is -1.53. The van der Waals surface area contributed by atoms with Gasteiger partial charge in [-0.15, -0.1) is 0 Å². The van der Waals surface area contributed by atoms with E-state index in [0.29, 0.717) is 6.54 Å². The van der Waals surface area contributed by atoms with Gasteiger partial charge in [-0.3, -0.25) is 0 Å². The van der Waals surface area contributed by atoms with Crippen molar-refractivity contribution in [2.75, 3.05) is 27.2 Å². The third kappa shape index (κ3) is 4.55. The number of aliphatic hydroxyl groups excluding tert-OH is 1. The van der Waals surface area contributed by atoms with Crippen molar-refractivity contribution in [2.24, 2.45) is 0 Å². The summed E-state index contributed by atoms with van der Waals surface area (Å²) in [5, 5.41) is 18.7. The zero-order chi connectivity index (χ0) is 11.4. The minimum absolute atomic E-state index is 0.130. The second-order valence-electron chi connectivity index (χ2n) is 3.81. The van der Waals surface area contributed by atoms with E-state index < -0.39 is 17.7 Å². The van der Waals surface area contributed by atoms with Crippen LogP contribution in [-0.2, 0) is 9.53 Å². The Kier molecular flexibility index (Phi) is 5.04. The number of likely N-dealkylation sites (N-methyl/N-ethyl adjacent to an activating group) is 1. The molecule has 0 aliphatic heterocycles. The number of hydrogen-bond donors (Lipinski definition) is 2. The number of hydrogen-bond acceptors (Lipinski definition) is 5. The Labute approximate surface area is 84.3 Å². The zero-order valence-electron chi connectivity index (χ0n) is 9.15. The van der Waals surface area contributed by atoms with Crippen LogP contribution in [-0.4, -0.2) is 60.0 Å². The van der Waals surface area contributed by atoms with E-state index in [4.69, 9.17) is 5.11 Å². The van der Waals surface area contributed by atoms with Gasteiger partial charge in [0.1, 0.15) is 0 Å². The molecule has 0 bridgehead atoms. The van der Waals surface area contributed by atoms with Gasteiger partial charge >= 0.3 is 5.97 Å². The highest BCUT2D eigenvalue weighted by Gasteiger charge is 2.32. The van der Waals surface area contributed by atoms with Gasteiger partial charge in [0.05, 0.1) is 13.2 Å². The Morgan fingerprint density at radius 2 is 2.14 bits per heavy atom. The number of ether oxygens (including phenoxy) is 1. The Morgan fingerprint density at radius 1 is 1.64 bits per heavy atom. The van der Waals surface area contributed by atoms with E-state index in [-0.39, 0.29) is 6.54 Å². The van der Waals surface area contributed by atoms with Crippen molar-refractivity contribution in [3.63, 3.8) is 0 Å². The van der Waals surface area contributed by atoms with E-state index in [2.05, 4.69) is 4.74 Å². The predicted octanol–water partition coefficient (Wildman–Crippen LogP) is -0.777. The van der Waals surface area contributed by atoms with Gasteiger partial charge in [0.2, 0.25) is 0 Å². The maximum Gasteiger partial charge on any atom is 0.338 e. The molecule has 5 nitrogen and oxygen atoms in total.